The lowest BCUT2D eigenvalue weighted by molar-refractivity contribution is -0.119. The molecule has 0 aliphatic heterocycles. The van der Waals surface area contributed by atoms with Crippen LogP contribution >= 0.6 is 0 Å². The third-order valence-corrected chi connectivity index (χ3v) is 5.16. The number of hydrogen-bond acceptors (Lipinski definition) is 6. The van der Waals surface area contributed by atoms with Crippen molar-refractivity contribution < 1.29 is 18.7 Å². The summed E-state index contributed by atoms with van der Waals surface area (Å²) in [6.45, 7) is 1.47. The number of aromatic nitrogens is 2. The van der Waals surface area contributed by atoms with E-state index >= 15 is 0 Å². The number of nitrogens with zero attached hydrogens (tertiary/aromatic N) is 2. The van der Waals surface area contributed by atoms with E-state index in [4.69, 9.17) is 9.15 Å². The van der Waals surface area contributed by atoms with Crippen LogP contribution in [0.25, 0.3) is 33.3 Å². The second-order valence-corrected chi connectivity index (χ2v) is 7.54. The van der Waals surface area contributed by atoms with Gasteiger partial charge in [-0.3, -0.25) is 4.79 Å². The molecule has 0 bridgehead atoms. The molecule has 0 unspecified atom stereocenters. The second kappa shape index (κ2) is 8.55. The zero-order valence-electron chi connectivity index (χ0n) is 17.7. The Kier molecular flexibility index (Phi) is 5.28. The number of ether oxygens (including phenoxy) is 1. The van der Waals surface area contributed by atoms with Crippen molar-refractivity contribution in [1.82, 2.24) is 9.97 Å². The van der Waals surface area contributed by atoms with Gasteiger partial charge in [-0.25, -0.2) is 14.8 Å². The number of oxazole rings is 1. The molecular formula is C26H19N3O4. The van der Waals surface area contributed by atoms with E-state index in [9.17, 15) is 9.59 Å². The highest BCUT2D eigenvalue weighted by Gasteiger charge is 2.19. The Morgan fingerprint density at radius 1 is 0.970 bits per heavy atom. The number of esters is 1. The Labute approximate surface area is 189 Å². The molecule has 0 atom stereocenters. The first-order valence-electron chi connectivity index (χ1n) is 10.4. The number of para-hydroxylation sites is 2. The van der Waals surface area contributed by atoms with Crippen LogP contribution in [-0.4, -0.2) is 28.5 Å². The number of pyridine rings is 1. The average Bonchev–Trinajstić information content (AvgIpc) is 3.27. The van der Waals surface area contributed by atoms with Gasteiger partial charge in [-0.15, -0.1) is 0 Å². The van der Waals surface area contributed by atoms with E-state index < -0.39 is 18.5 Å². The molecule has 0 saturated heterocycles. The minimum atomic E-state index is -0.615. The predicted molar refractivity (Wildman–Crippen MR) is 125 cm³/mol. The number of anilines is 1. The monoisotopic (exact) mass is 437 g/mol. The molecule has 0 saturated carbocycles. The van der Waals surface area contributed by atoms with Gasteiger partial charge in [0.05, 0.1) is 5.56 Å². The number of hydrogen-bond donors (Lipinski definition) is 1. The third kappa shape index (κ3) is 4.16. The molecule has 2 aromatic heterocycles. The van der Waals surface area contributed by atoms with E-state index in [2.05, 4.69) is 15.3 Å². The highest BCUT2D eigenvalue weighted by atomic mass is 16.5. The minimum absolute atomic E-state index is 0.326. The van der Waals surface area contributed by atoms with Crippen molar-refractivity contribution in [3.05, 3.63) is 90.1 Å². The SMILES string of the molecule is Cc1ccc(NC(=O)COC(=O)c2cccc3cccc(-c4nc5ccccc5o4)c23)nc1. The van der Waals surface area contributed by atoms with Gasteiger partial charge in [-0.05, 0) is 48.2 Å². The molecule has 5 aromatic rings. The standard InChI is InChI=1S/C26H19N3O4/c1-16-12-13-22(27-14-16)29-23(30)15-32-26(31)19-9-5-7-17-6-4-8-18(24(17)19)25-28-20-10-2-3-11-21(20)33-25/h2-14H,15H2,1H3,(H,27,29,30). The number of carbonyl (C=O) groups is 2. The molecule has 0 fully saturated rings. The smallest absolute Gasteiger partial charge is 0.339 e. The normalized spacial score (nSPS) is 10.9. The molecule has 0 spiro atoms. The van der Waals surface area contributed by atoms with E-state index in [1.807, 2.05) is 61.5 Å². The lowest BCUT2D eigenvalue weighted by atomic mass is 9.99. The molecule has 7 heteroatoms. The summed E-state index contributed by atoms with van der Waals surface area (Å²) in [5, 5.41) is 4.09. The topological polar surface area (TPSA) is 94.3 Å². The fourth-order valence-electron chi connectivity index (χ4n) is 3.61. The zero-order valence-corrected chi connectivity index (χ0v) is 17.7. The number of carbonyl (C=O) groups excluding carboxylic acids is 2. The fraction of sp³-hybridized carbons (Fsp3) is 0.0769. The molecule has 0 aliphatic carbocycles. The van der Waals surface area contributed by atoms with Crippen molar-refractivity contribution in [1.29, 1.82) is 0 Å². The molecule has 7 nitrogen and oxygen atoms in total. The number of benzene rings is 3. The van der Waals surface area contributed by atoms with Gasteiger partial charge < -0.3 is 14.5 Å². The molecule has 5 rings (SSSR count). The van der Waals surface area contributed by atoms with E-state index in [-0.39, 0.29) is 0 Å². The molecular weight excluding hydrogens is 418 g/mol. The fourth-order valence-corrected chi connectivity index (χ4v) is 3.61. The summed E-state index contributed by atoms with van der Waals surface area (Å²) in [6.07, 6.45) is 1.64. The maximum atomic E-state index is 12.9. The Balaban J connectivity index is 1.42. The molecule has 162 valence electrons. The van der Waals surface area contributed by atoms with Crippen LogP contribution in [0.4, 0.5) is 5.82 Å². The Hall–Kier alpha value is -4.52. The molecule has 2 heterocycles. The first-order valence-corrected chi connectivity index (χ1v) is 10.4. The lowest BCUT2D eigenvalue weighted by Gasteiger charge is -2.10. The van der Waals surface area contributed by atoms with Crippen LogP contribution in [0.15, 0.2) is 83.4 Å². The maximum Gasteiger partial charge on any atom is 0.339 e. The van der Waals surface area contributed by atoms with Gasteiger partial charge in [-0.1, -0.05) is 42.5 Å². The van der Waals surface area contributed by atoms with Crippen LogP contribution in [0.3, 0.4) is 0 Å². The van der Waals surface area contributed by atoms with Gasteiger partial charge in [0, 0.05) is 17.1 Å². The Morgan fingerprint density at radius 2 is 1.79 bits per heavy atom. The van der Waals surface area contributed by atoms with Gasteiger partial charge >= 0.3 is 5.97 Å². The summed E-state index contributed by atoms with van der Waals surface area (Å²) in [5.41, 5.74) is 3.36. The zero-order chi connectivity index (χ0) is 22.8. The van der Waals surface area contributed by atoms with Crippen molar-refractivity contribution >= 4 is 39.6 Å². The van der Waals surface area contributed by atoms with E-state index in [1.54, 1.807) is 24.4 Å². The van der Waals surface area contributed by atoms with E-state index in [0.717, 1.165) is 16.5 Å². The second-order valence-electron chi connectivity index (χ2n) is 7.54. The predicted octanol–water partition coefficient (Wildman–Crippen LogP) is 5.15. The highest BCUT2D eigenvalue weighted by molar-refractivity contribution is 6.10. The largest absolute Gasteiger partial charge is 0.452 e. The molecule has 3 aromatic carbocycles. The summed E-state index contributed by atoms with van der Waals surface area (Å²) >= 11 is 0. The quantitative estimate of drug-likeness (QED) is 0.382. The van der Waals surface area contributed by atoms with Crippen LogP contribution in [0, 0.1) is 6.92 Å². The lowest BCUT2D eigenvalue weighted by Crippen LogP contribution is -2.21. The van der Waals surface area contributed by atoms with E-state index in [1.165, 1.54) is 0 Å². The van der Waals surface area contributed by atoms with Crippen LogP contribution in [0.1, 0.15) is 15.9 Å². The van der Waals surface area contributed by atoms with Gasteiger partial charge in [-0.2, -0.15) is 0 Å². The molecule has 1 amide bonds. The highest BCUT2D eigenvalue weighted by Crippen LogP contribution is 2.33. The van der Waals surface area contributed by atoms with Crippen molar-refractivity contribution in [2.75, 3.05) is 11.9 Å². The molecule has 0 aliphatic rings. The van der Waals surface area contributed by atoms with Crippen molar-refractivity contribution in [3.8, 4) is 11.5 Å². The molecule has 0 radical (unpaired) electrons. The summed E-state index contributed by atoms with van der Waals surface area (Å²) in [4.78, 5) is 33.9. The van der Waals surface area contributed by atoms with Gasteiger partial charge in [0.15, 0.2) is 12.2 Å². The number of fused-ring (bicyclic) bond motifs is 2. The summed E-state index contributed by atoms with van der Waals surface area (Å²) in [5.74, 6) is -0.286. The average molecular weight is 437 g/mol. The van der Waals surface area contributed by atoms with Gasteiger partial charge in [0.2, 0.25) is 5.89 Å². The van der Waals surface area contributed by atoms with Crippen molar-refractivity contribution in [2.24, 2.45) is 0 Å². The number of nitrogens with one attached hydrogen (secondary N) is 1. The van der Waals surface area contributed by atoms with E-state index in [0.29, 0.717) is 33.8 Å². The van der Waals surface area contributed by atoms with Crippen LogP contribution in [0.5, 0.6) is 0 Å². The minimum Gasteiger partial charge on any atom is -0.452 e. The molecule has 33 heavy (non-hydrogen) atoms. The number of rotatable bonds is 5. The van der Waals surface area contributed by atoms with Gasteiger partial charge in [0.1, 0.15) is 11.3 Å². The Bertz CT molecular complexity index is 1450. The first-order chi connectivity index (χ1) is 16.1. The number of aryl methyl sites for hydroxylation is 1. The van der Waals surface area contributed by atoms with Crippen LogP contribution in [0.2, 0.25) is 0 Å². The summed E-state index contributed by atoms with van der Waals surface area (Å²) in [7, 11) is 0. The van der Waals surface area contributed by atoms with Crippen molar-refractivity contribution in [2.45, 2.75) is 6.92 Å². The summed E-state index contributed by atoms with van der Waals surface area (Å²) in [6, 6.07) is 21.9. The first kappa shape index (κ1) is 20.4. The van der Waals surface area contributed by atoms with Crippen LogP contribution in [-0.2, 0) is 9.53 Å². The van der Waals surface area contributed by atoms with Crippen molar-refractivity contribution in [3.63, 3.8) is 0 Å². The number of amides is 1. The molecule has 1 N–H and O–H groups in total. The maximum absolute atomic E-state index is 12.9. The van der Waals surface area contributed by atoms with Crippen LogP contribution < -0.4 is 5.32 Å². The summed E-state index contributed by atoms with van der Waals surface area (Å²) < 4.78 is 11.2. The Morgan fingerprint density at radius 3 is 2.58 bits per heavy atom. The third-order valence-electron chi connectivity index (χ3n) is 5.16. The van der Waals surface area contributed by atoms with Gasteiger partial charge in [0.25, 0.3) is 5.91 Å².